The van der Waals surface area contributed by atoms with Gasteiger partial charge in [-0.2, -0.15) is 0 Å². The third kappa shape index (κ3) is 3.43. The second kappa shape index (κ2) is 7.23. The van der Waals surface area contributed by atoms with Gasteiger partial charge in [-0.3, -0.25) is 4.79 Å². The molecule has 2 aliphatic heterocycles. The molecule has 27 heavy (non-hydrogen) atoms. The summed E-state index contributed by atoms with van der Waals surface area (Å²) >= 11 is 0. The zero-order valence-corrected chi connectivity index (χ0v) is 15.4. The van der Waals surface area contributed by atoms with Crippen molar-refractivity contribution in [2.75, 3.05) is 27.6 Å². The second-order valence-electron chi connectivity index (χ2n) is 6.43. The van der Waals surface area contributed by atoms with Crippen molar-refractivity contribution in [2.45, 2.75) is 13.0 Å². The second-order valence-corrected chi connectivity index (χ2v) is 6.43. The van der Waals surface area contributed by atoms with E-state index in [1.54, 1.807) is 26.4 Å². The molecule has 0 N–H and O–H groups in total. The molecule has 140 valence electrons. The summed E-state index contributed by atoms with van der Waals surface area (Å²) in [5.74, 6) is 2.82. The van der Waals surface area contributed by atoms with Crippen molar-refractivity contribution in [1.29, 1.82) is 0 Å². The normalized spacial score (nSPS) is 15.0. The summed E-state index contributed by atoms with van der Waals surface area (Å²) in [6.07, 6.45) is 4.19. The molecule has 2 aliphatic rings. The zero-order valence-electron chi connectivity index (χ0n) is 15.4. The van der Waals surface area contributed by atoms with Gasteiger partial charge in [0.25, 0.3) is 0 Å². The molecular weight excluding hydrogens is 346 g/mol. The van der Waals surface area contributed by atoms with Crippen molar-refractivity contribution in [2.24, 2.45) is 0 Å². The molecule has 0 spiro atoms. The van der Waals surface area contributed by atoms with E-state index in [1.807, 2.05) is 35.2 Å². The van der Waals surface area contributed by atoms with Crippen molar-refractivity contribution in [3.8, 4) is 23.0 Å². The van der Waals surface area contributed by atoms with Gasteiger partial charge in [-0.1, -0.05) is 6.07 Å². The van der Waals surface area contributed by atoms with Crippen LogP contribution >= 0.6 is 0 Å². The highest BCUT2D eigenvalue weighted by atomic mass is 16.7. The lowest BCUT2D eigenvalue weighted by molar-refractivity contribution is -0.126. The molecule has 6 heteroatoms. The number of carbonyl (C=O) groups excluding carboxylic acids is 1. The van der Waals surface area contributed by atoms with Crippen LogP contribution in [0.4, 0.5) is 0 Å². The van der Waals surface area contributed by atoms with Gasteiger partial charge in [0, 0.05) is 19.2 Å². The lowest BCUT2D eigenvalue weighted by Gasteiger charge is -2.28. The fourth-order valence-corrected chi connectivity index (χ4v) is 3.36. The topological polar surface area (TPSA) is 57.2 Å². The summed E-state index contributed by atoms with van der Waals surface area (Å²) in [5.41, 5.74) is 3.18. The molecule has 0 bridgehead atoms. The molecule has 6 nitrogen and oxygen atoms in total. The average molecular weight is 367 g/mol. The molecular formula is C21H21NO5. The number of amides is 1. The summed E-state index contributed by atoms with van der Waals surface area (Å²) in [4.78, 5) is 14.5. The van der Waals surface area contributed by atoms with Crippen LogP contribution < -0.4 is 18.9 Å². The first-order valence-corrected chi connectivity index (χ1v) is 8.78. The average Bonchev–Trinajstić information content (AvgIpc) is 3.18. The van der Waals surface area contributed by atoms with Gasteiger partial charge in [0.2, 0.25) is 12.7 Å². The van der Waals surface area contributed by atoms with Crippen LogP contribution in [0.25, 0.3) is 6.08 Å². The van der Waals surface area contributed by atoms with Crippen LogP contribution in [0.2, 0.25) is 0 Å². The Kier molecular flexibility index (Phi) is 4.62. The van der Waals surface area contributed by atoms with Crippen LogP contribution in [0.5, 0.6) is 23.0 Å². The predicted molar refractivity (Wildman–Crippen MR) is 100 cm³/mol. The first-order chi connectivity index (χ1) is 13.2. The minimum absolute atomic E-state index is 0.0203. The van der Waals surface area contributed by atoms with E-state index in [4.69, 9.17) is 18.9 Å². The third-order valence-corrected chi connectivity index (χ3v) is 4.84. The highest BCUT2D eigenvalue weighted by molar-refractivity contribution is 5.92. The first-order valence-electron chi connectivity index (χ1n) is 8.78. The van der Waals surface area contributed by atoms with E-state index >= 15 is 0 Å². The maximum atomic E-state index is 12.6. The molecule has 2 heterocycles. The Hall–Kier alpha value is -3.15. The summed E-state index contributed by atoms with van der Waals surface area (Å²) in [5, 5.41) is 0. The van der Waals surface area contributed by atoms with E-state index in [1.165, 1.54) is 5.56 Å². The Balaban J connectivity index is 1.47. The molecule has 1 amide bonds. The number of benzene rings is 2. The van der Waals surface area contributed by atoms with Crippen molar-refractivity contribution < 1.29 is 23.7 Å². The minimum atomic E-state index is -0.0203. The molecule has 0 aliphatic carbocycles. The summed E-state index contributed by atoms with van der Waals surface area (Å²) in [7, 11) is 3.24. The van der Waals surface area contributed by atoms with Gasteiger partial charge >= 0.3 is 0 Å². The number of hydrogen-bond acceptors (Lipinski definition) is 5. The number of ether oxygens (including phenoxy) is 4. The molecule has 0 saturated heterocycles. The maximum Gasteiger partial charge on any atom is 0.246 e. The van der Waals surface area contributed by atoms with Crippen LogP contribution in [0.3, 0.4) is 0 Å². The number of fused-ring (bicyclic) bond motifs is 2. The Morgan fingerprint density at radius 1 is 1.04 bits per heavy atom. The Labute approximate surface area is 157 Å². The molecule has 0 unspecified atom stereocenters. The fourth-order valence-electron chi connectivity index (χ4n) is 3.36. The van der Waals surface area contributed by atoms with E-state index < -0.39 is 0 Å². The molecule has 2 aromatic rings. The van der Waals surface area contributed by atoms with Crippen LogP contribution in [0.1, 0.15) is 16.7 Å². The fraction of sp³-hybridized carbons (Fsp3) is 0.286. The summed E-state index contributed by atoms with van der Waals surface area (Å²) < 4.78 is 21.4. The molecule has 4 rings (SSSR count). The van der Waals surface area contributed by atoms with Crippen molar-refractivity contribution in [3.63, 3.8) is 0 Å². The third-order valence-electron chi connectivity index (χ3n) is 4.84. The van der Waals surface area contributed by atoms with E-state index in [2.05, 4.69) is 0 Å². The number of methoxy groups -OCH3 is 2. The quantitative estimate of drug-likeness (QED) is 0.778. The SMILES string of the molecule is COc1cc2c(cc1OC)CN(C(=O)C=Cc1ccc3c(c1)OCO3)CC2. The number of nitrogens with zero attached hydrogens (tertiary/aromatic N) is 1. The van der Waals surface area contributed by atoms with Crippen LogP contribution in [-0.2, 0) is 17.8 Å². The number of rotatable bonds is 4. The lowest BCUT2D eigenvalue weighted by Crippen LogP contribution is -2.34. The van der Waals surface area contributed by atoms with Crippen molar-refractivity contribution >= 4 is 12.0 Å². The highest BCUT2D eigenvalue weighted by Gasteiger charge is 2.21. The first kappa shape index (κ1) is 17.3. The van der Waals surface area contributed by atoms with E-state index in [9.17, 15) is 4.79 Å². The molecule has 2 aromatic carbocycles. The van der Waals surface area contributed by atoms with Gasteiger partial charge in [0.1, 0.15) is 0 Å². The largest absolute Gasteiger partial charge is 0.493 e. The van der Waals surface area contributed by atoms with Gasteiger partial charge in [-0.15, -0.1) is 0 Å². The van der Waals surface area contributed by atoms with E-state index in [0.717, 1.165) is 29.0 Å². The van der Waals surface area contributed by atoms with Gasteiger partial charge in [-0.05, 0) is 53.5 Å². The monoisotopic (exact) mass is 367 g/mol. The van der Waals surface area contributed by atoms with Crippen molar-refractivity contribution in [3.05, 3.63) is 53.1 Å². The molecule has 0 saturated carbocycles. The van der Waals surface area contributed by atoms with Gasteiger partial charge in [-0.25, -0.2) is 0 Å². The van der Waals surface area contributed by atoms with E-state index in [0.29, 0.717) is 24.6 Å². The van der Waals surface area contributed by atoms with Gasteiger partial charge in [0.15, 0.2) is 23.0 Å². The predicted octanol–water partition coefficient (Wildman–Crippen LogP) is 3.03. The molecule has 0 aromatic heterocycles. The van der Waals surface area contributed by atoms with Crippen LogP contribution in [0, 0.1) is 0 Å². The maximum absolute atomic E-state index is 12.6. The van der Waals surface area contributed by atoms with Gasteiger partial charge in [0.05, 0.1) is 14.2 Å². The summed E-state index contributed by atoms with van der Waals surface area (Å²) in [6, 6.07) is 9.57. The molecule has 0 fully saturated rings. The highest BCUT2D eigenvalue weighted by Crippen LogP contribution is 2.34. The van der Waals surface area contributed by atoms with E-state index in [-0.39, 0.29) is 12.7 Å². The zero-order chi connectivity index (χ0) is 18.8. The van der Waals surface area contributed by atoms with Crippen LogP contribution in [-0.4, -0.2) is 38.4 Å². The van der Waals surface area contributed by atoms with Gasteiger partial charge < -0.3 is 23.8 Å². The van der Waals surface area contributed by atoms with Crippen LogP contribution in [0.15, 0.2) is 36.4 Å². The summed E-state index contributed by atoms with van der Waals surface area (Å²) in [6.45, 7) is 1.47. The number of carbonyl (C=O) groups is 1. The Morgan fingerprint density at radius 2 is 1.78 bits per heavy atom. The minimum Gasteiger partial charge on any atom is -0.493 e. The number of hydrogen-bond donors (Lipinski definition) is 0. The molecule has 0 radical (unpaired) electrons. The Morgan fingerprint density at radius 3 is 2.56 bits per heavy atom. The lowest BCUT2D eigenvalue weighted by atomic mass is 9.98. The molecule has 0 atom stereocenters. The van der Waals surface area contributed by atoms with Crippen molar-refractivity contribution in [1.82, 2.24) is 4.90 Å². The Bertz CT molecular complexity index is 906. The standard InChI is InChI=1S/C21H21NO5/c1-24-18-10-15-7-8-22(12-16(15)11-19(18)25-2)21(23)6-4-14-3-5-17-20(9-14)27-13-26-17/h3-6,9-11H,7-8,12-13H2,1-2H3. The smallest absolute Gasteiger partial charge is 0.246 e.